The highest BCUT2D eigenvalue weighted by Crippen LogP contribution is 2.27. The molecule has 2 aromatic carbocycles. The van der Waals surface area contributed by atoms with Gasteiger partial charge in [0.1, 0.15) is 0 Å². The zero-order valence-electron chi connectivity index (χ0n) is 18.2. The van der Waals surface area contributed by atoms with Crippen molar-refractivity contribution in [2.24, 2.45) is 0 Å². The number of carbonyl (C=O) groups excluding carboxylic acids is 1. The second-order valence-electron chi connectivity index (χ2n) is 7.44. The second kappa shape index (κ2) is 9.77. The van der Waals surface area contributed by atoms with Crippen LogP contribution < -0.4 is 10.2 Å². The first-order chi connectivity index (χ1) is 16.3. The number of benzene rings is 2. The molecule has 10 heteroatoms. The highest BCUT2D eigenvalue weighted by atomic mass is 32.2. The number of carbonyl (C=O) groups is 1. The van der Waals surface area contributed by atoms with Gasteiger partial charge in [-0.15, -0.1) is 0 Å². The molecular weight excluding hydrogens is 454 g/mol. The first-order valence-electron chi connectivity index (χ1n) is 10.2. The van der Waals surface area contributed by atoms with E-state index in [4.69, 9.17) is 0 Å². The van der Waals surface area contributed by atoms with E-state index in [9.17, 15) is 17.8 Å². The average molecular weight is 476 g/mol. The maximum absolute atomic E-state index is 13.1. The summed E-state index contributed by atoms with van der Waals surface area (Å²) in [4.78, 5) is 27.0. The molecule has 0 aliphatic heterocycles. The lowest BCUT2D eigenvalue weighted by Crippen LogP contribution is -2.35. The third-order valence-corrected chi connectivity index (χ3v) is 5.53. The number of aryl methyl sites for hydroxylation is 1. The van der Waals surface area contributed by atoms with Gasteiger partial charge < -0.3 is 5.32 Å². The van der Waals surface area contributed by atoms with E-state index >= 15 is 0 Å². The van der Waals surface area contributed by atoms with Gasteiger partial charge in [-0.1, -0.05) is 24.3 Å². The largest absolute Gasteiger partial charge is 0.324 e. The molecule has 0 spiro atoms. The lowest BCUT2D eigenvalue weighted by Gasteiger charge is -2.23. The van der Waals surface area contributed by atoms with Gasteiger partial charge in [0.25, 0.3) is 16.0 Å². The van der Waals surface area contributed by atoms with Gasteiger partial charge in [-0.05, 0) is 55.0 Å². The van der Waals surface area contributed by atoms with Crippen molar-refractivity contribution >= 4 is 33.3 Å². The Bertz CT molecular complexity index is 1410. The molecule has 4 aromatic rings. The SMILES string of the molecule is Cc1ccc(N(CS(=O)(=O)O)C(=O)c2ccccc2)cc1Nc1nccc(-c2cccnc2)n1. The zero-order valence-corrected chi connectivity index (χ0v) is 19.0. The molecule has 2 heterocycles. The average Bonchev–Trinajstić information content (AvgIpc) is 2.84. The number of nitrogens with one attached hydrogen (secondary N) is 1. The van der Waals surface area contributed by atoms with Crippen LogP contribution in [0.25, 0.3) is 11.3 Å². The predicted octanol–water partition coefficient (Wildman–Crippen LogP) is 4.08. The first-order valence-corrected chi connectivity index (χ1v) is 11.8. The molecule has 172 valence electrons. The fraction of sp³-hybridized carbons (Fsp3) is 0.0833. The summed E-state index contributed by atoms with van der Waals surface area (Å²) in [5.41, 5.74) is 3.45. The number of anilines is 3. The summed E-state index contributed by atoms with van der Waals surface area (Å²) in [7, 11) is -4.49. The predicted molar refractivity (Wildman–Crippen MR) is 129 cm³/mol. The van der Waals surface area contributed by atoms with Gasteiger partial charge >= 0.3 is 0 Å². The fourth-order valence-corrected chi connectivity index (χ4v) is 3.87. The van der Waals surface area contributed by atoms with E-state index in [2.05, 4.69) is 20.3 Å². The number of rotatable bonds is 7. The monoisotopic (exact) mass is 475 g/mol. The fourth-order valence-electron chi connectivity index (χ4n) is 3.28. The van der Waals surface area contributed by atoms with Crippen LogP contribution in [0.2, 0.25) is 0 Å². The van der Waals surface area contributed by atoms with Gasteiger partial charge in [-0.3, -0.25) is 19.2 Å². The van der Waals surface area contributed by atoms with E-state index in [1.807, 2.05) is 19.1 Å². The van der Waals surface area contributed by atoms with Crippen LogP contribution in [0.4, 0.5) is 17.3 Å². The van der Waals surface area contributed by atoms with E-state index in [1.165, 1.54) is 0 Å². The van der Waals surface area contributed by atoms with E-state index in [1.54, 1.807) is 73.2 Å². The standard InChI is InChI=1S/C24H21N5O4S/c1-17-9-10-20(29(16-34(31,32)33)23(30)18-6-3-2-4-7-18)14-22(17)28-24-26-13-11-21(27-24)19-8-5-12-25-15-19/h2-15H,16H2,1H3,(H,26,27,28)(H,31,32,33). The molecule has 0 aliphatic carbocycles. The third kappa shape index (κ3) is 5.61. The Morgan fingerprint density at radius 3 is 2.53 bits per heavy atom. The van der Waals surface area contributed by atoms with Crippen LogP contribution in [-0.4, -0.2) is 39.7 Å². The smallest absolute Gasteiger partial charge is 0.283 e. The van der Waals surface area contributed by atoms with Crippen molar-refractivity contribution in [3.63, 3.8) is 0 Å². The molecule has 0 saturated carbocycles. The molecule has 0 saturated heterocycles. The number of hydrogen-bond donors (Lipinski definition) is 2. The van der Waals surface area contributed by atoms with E-state index < -0.39 is 21.9 Å². The minimum atomic E-state index is -4.49. The van der Waals surface area contributed by atoms with Crippen LogP contribution in [0.1, 0.15) is 15.9 Å². The van der Waals surface area contributed by atoms with Crippen LogP contribution in [0.15, 0.2) is 85.3 Å². The molecular formula is C24H21N5O4S. The summed E-state index contributed by atoms with van der Waals surface area (Å²) in [6.07, 6.45) is 4.98. The molecule has 4 rings (SSSR count). The van der Waals surface area contributed by atoms with Gasteiger partial charge in [0.05, 0.1) is 5.69 Å². The summed E-state index contributed by atoms with van der Waals surface area (Å²) in [6.45, 7) is 1.85. The molecule has 2 N–H and O–H groups in total. The summed E-state index contributed by atoms with van der Waals surface area (Å²) in [5.74, 6) is -1.14. The van der Waals surface area contributed by atoms with Crippen molar-refractivity contribution in [2.45, 2.75) is 6.92 Å². The highest BCUT2D eigenvalue weighted by molar-refractivity contribution is 7.85. The molecule has 1 amide bonds. The van der Waals surface area contributed by atoms with Crippen molar-refractivity contribution in [2.75, 3.05) is 16.1 Å². The van der Waals surface area contributed by atoms with Crippen molar-refractivity contribution in [3.05, 3.63) is 96.4 Å². The summed E-state index contributed by atoms with van der Waals surface area (Å²) in [6, 6.07) is 18.7. The van der Waals surface area contributed by atoms with E-state index in [-0.39, 0.29) is 11.3 Å². The zero-order chi connectivity index (χ0) is 24.1. The van der Waals surface area contributed by atoms with Crippen LogP contribution >= 0.6 is 0 Å². The Balaban J connectivity index is 1.68. The molecule has 0 aliphatic rings. The van der Waals surface area contributed by atoms with Gasteiger partial charge in [-0.25, -0.2) is 9.97 Å². The Labute approximate surface area is 196 Å². The molecule has 0 unspecified atom stereocenters. The summed E-state index contributed by atoms with van der Waals surface area (Å²) >= 11 is 0. The van der Waals surface area contributed by atoms with Crippen LogP contribution in [-0.2, 0) is 10.1 Å². The Morgan fingerprint density at radius 1 is 1.03 bits per heavy atom. The van der Waals surface area contributed by atoms with Crippen LogP contribution in [0.5, 0.6) is 0 Å². The molecule has 0 atom stereocenters. The molecule has 0 fully saturated rings. The molecule has 34 heavy (non-hydrogen) atoms. The van der Waals surface area contributed by atoms with E-state index in [0.717, 1.165) is 16.0 Å². The maximum atomic E-state index is 13.1. The quantitative estimate of drug-likeness (QED) is 0.383. The molecule has 0 bridgehead atoms. The number of amides is 1. The van der Waals surface area contributed by atoms with Crippen molar-refractivity contribution in [3.8, 4) is 11.3 Å². The topological polar surface area (TPSA) is 125 Å². The van der Waals surface area contributed by atoms with Gasteiger partial charge in [0.15, 0.2) is 5.88 Å². The number of hydrogen-bond acceptors (Lipinski definition) is 7. The maximum Gasteiger partial charge on any atom is 0.283 e. The summed E-state index contributed by atoms with van der Waals surface area (Å²) < 4.78 is 32.9. The molecule has 0 radical (unpaired) electrons. The third-order valence-electron chi connectivity index (χ3n) is 4.95. The Kier molecular flexibility index (Phi) is 6.62. The normalized spacial score (nSPS) is 11.1. The Morgan fingerprint density at radius 2 is 1.82 bits per heavy atom. The highest BCUT2D eigenvalue weighted by Gasteiger charge is 2.23. The first kappa shape index (κ1) is 23.0. The Hall–Kier alpha value is -4.15. The lowest BCUT2D eigenvalue weighted by atomic mass is 10.1. The van der Waals surface area contributed by atoms with Crippen molar-refractivity contribution in [1.82, 2.24) is 15.0 Å². The van der Waals surface area contributed by atoms with E-state index in [0.29, 0.717) is 17.3 Å². The summed E-state index contributed by atoms with van der Waals surface area (Å²) in [5, 5.41) is 3.13. The molecule has 9 nitrogen and oxygen atoms in total. The molecule has 2 aromatic heterocycles. The van der Waals surface area contributed by atoms with Crippen molar-refractivity contribution in [1.29, 1.82) is 0 Å². The van der Waals surface area contributed by atoms with Crippen LogP contribution in [0.3, 0.4) is 0 Å². The van der Waals surface area contributed by atoms with Crippen molar-refractivity contribution < 1.29 is 17.8 Å². The minimum Gasteiger partial charge on any atom is -0.324 e. The van der Waals surface area contributed by atoms with Gasteiger partial charge in [-0.2, -0.15) is 8.42 Å². The second-order valence-corrected chi connectivity index (χ2v) is 8.86. The number of aromatic nitrogens is 3. The lowest BCUT2D eigenvalue weighted by molar-refractivity contribution is 0.0990. The van der Waals surface area contributed by atoms with Gasteiger partial charge in [0, 0.05) is 41.1 Å². The van der Waals surface area contributed by atoms with Crippen LogP contribution in [0, 0.1) is 6.92 Å². The minimum absolute atomic E-state index is 0.281. The number of nitrogens with zero attached hydrogens (tertiary/aromatic N) is 4. The van der Waals surface area contributed by atoms with Gasteiger partial charge in [0.2, 0.25) is 5.95 Å². The number of pyridine rings is 1.